The molecular weight excluding hydrogens is 423 g/mol. The summed E-state index contributed by atoms with van der Waals surface area (Å²) in [4.78, 5) is 19.4. The fourth-order valence-electron chi connectivity index (χ4n) is 4.21. The summed E-state index contributed by atoms with van der Waals surface area (Å²) in [5.74, 6) is 0.770. The number of halogens is 1. The Morgan fingerprint density at radius 3 is 2.97 bits per heavy atom. The van der Waals surface area contributed by atoms with E-state index in [4.69, 9.17) is 15.7 Å². The van der Waals surface area contributed by atoms with Gasteiger partial charge in [-0.1, -0.05) is 0 Å². The van der Waals surface area contributed by atoms with E-state index in [0.717, 1.165) is 34.1 Å². The molecular formula is C22H21FN10. The van der Waals surface area contributed by atoms with Crippen LogP contribution in [0.3, 0.4) is 0 Å². The lowest BCUT2D eigenvalue weighted by atomic mass is 10.1. The second-order valence-electron chi connectivity index (χ2n) is 7.92. The number of anilines is 4. The summed E-state index contributed by atoms with van der Waals surface area (Å²) in [6.45, 7) is 1.31. The van der Waals surface area contributed by atoms with Crippen LogP contribution in [0.2, 0.25) is 0 Å². The molecule has 0 bridgehead atoms. The van der Waals surface area contributed by atoms with E-state index in [0.29, 0.717) is 41.9 Å². The fraction of sp³-hybridized carbons (Fsp3) is 0.182. The van der Waals surface area contributed by atoms with E-state index in [1.165, 1.54) is 12.1 Å². The first kappa shape index (κ1) is 19.3. The molecule has 6 rings (SSSR count). The molecule has 0 spiro atoms. The highest BCUT2D eigenvalue weighted by Gasteiger charge is 2.22. The quantitative estimate of drug-likeness (QED) is 0.333. The van der Waals surface area contributed by atoms with Gasteiger partial charge in [-0.25, -0.2) is 13.9 Å². The van der Waals surface area contributed by atoms with Gasteiger partial charge in [-0.2, -0.15) is 15.1 Å². The van der Waals surface area contributed by atoms with Gasteiger partial charge in [-0.05, 0) is 18.2 Å². The summed E-state index contributed by atoms with van der Waals surface area (Å²) in [6, 6.07) is 4.79. The summed E-state index contributed by atoms with van der Waals surface area (Å²) in [7, 11) is 1.76. The third-order valence-electron chi connectivity index (χ3n) is 5.82. The summed E-state index contributed by atoms with van der Waals surface area (Å²) >= 11 is 0. The average molecular weight is 444 g/mol. The minimum Gasteiger partial charge on any atom is -0.402 e. The van der Waals surface area contributed by atoms with Gasteiger partial charge in [0, 0.05) is 43.7 Å². The predicted molar refractivity (Wildman–Crippen MR) is 126 cm³/mol. The maximum atomic E-state index is 14.4. The van der Waals surface area contributed by atoms with Gasteiger partial charge < -0.3 is 26.3 Å². The minimum absolute atomic E-state index is 0.331. The van der Waals surface area contributed by atoms with Crippen LogP contribution in [-0.4, -0.2) is 49.7 Å². The molecule has 33 heavy (non-hydrogen) atoms. The highest BCUT2D eigenvalue weighted by atomic mass is 19.1. The molecule has 0 unspecified atom stereocenters. The average Bonchev–Trinajstić information content (AvgIpc) is 3.42. The number of aromatic amines is 1. The molecule has 10 nitrogen and oxygen atoms in total. The van der Waals surface area contributed by atoms with Crippen molar-refractivity contribution in [3.05, 3.63) is 54.4 Å². The molecule has 5 heterocycles. The molecule has 4 aromatic heterocycles. The molecule has 0 amide bonds. The Balaban J connectivity index is 1.54. The number of benzene rings is 1. The summed E-state index contributed by atoms with van der Waals surface area (Å²) in [6.07, 6.45) is 7.92. The van der Waals surface area contributed by atoms with Gasteiger partial charge in [-0.15, -0.1) is 0 Å². The first-order valence-corrected chi connectivity index (χ1v) is 10.6. The molecule has 1 aliphatic rings. The molecule has 1 aromatic carbocycles. The first-order valence-electron chi connectivity index (χ1n) is 10.6. The van der Waals surface area contributed by atoms with Gasteiger partial charge in [0.1, 0.15) is 17.3 Å². The number of nitrogens with zero attached hydrogens (tertiary/aromatic N) is 6. The Bertz CT molecular complexity index is 1550. The van der Waals surface area contributed by atoms with Crippen LogP contribution in [-0.2, 0) is 0 Å². The molecule has 0 fully saturated rings. The Kier molecular flexibility index (Phi) is 4.28. The van der Waals surface area contributed by atoms with E-state index in [9.17, 15) is 4.39 Å². The highest BCUT2D eigenvalue weighted by molar-refractivity contribution is 6.14. The van der Waals surface area contributed by atoms with Gasteiger partial charge >= 0.3 is 0 Å². The lowest BCUT2D eigenvalue weighted by molar-refractivity contribution is 0.630. The smallest absolute Gasteiger partial charge is 0.231 e. The van der Waals surface area contributed by atoms with Crippen molar-refractivity contribution in [3.63, 3.8) is 0 Å². The topological polar surface area (TPSA) is 125 Å². The molecule has 1 aliphatic heterocycles. The summed E-state index contributed by atoms with van der Waals surface area (Å²) in [5.41, 5.74) is 10.3. The molecule has 0 aliphatic carbocycles. The fourth-order valence-corrected chi connectivity index (χ4v) is 4.21. The molecule has 0 atom stereocenters. The van der Waals surface area contributed by atoms with Gasteiger partial charge in [-0.3, -0.25) is 0 Å². The van der Waals surface area contributed by atoms with E-state index in [1.807, 2.05) is 18.3 Å². The second-order valence-corrected chi connectivity index (χ2v) is 7.92. The number of rotatable bonds is 4. The number of aromatic nitrogens is 6. The van der Waals surface area contributed by atoms with Crippen molar-refractivity contribution in [3.8, 4) is 0 Å². The van der Waals surface area contributed by atoms with Crippen LogP contribution in [0.1, 0.15) is 6.42 Å². The van der Waals surface area contributed by atoms with Crippen molar-refractivity contribution in [1.29, 1.82) is 0 Å². The number of fused-ring (bicyclic) bond motifs is 4. The number of hydrogen-bond donors (Lipinski definition) is 4. The van der Waals surface area contributed by atoms with Crippen molar-refractivity contribution in [1.82, 2.24) is 29.5 Å². The van der Waals surface area contributed by atoms with Gasteiger partial charge in [0.25, 0.3) is 0 Å². The monoisotopic (exact) mass is 444 g/mol. The zero-order valence-corrected chi connectivity index (χ0v) is 17.8. The number of nitrogens with two attached hydrogens (primary N) is 1. The second kappa shape index (κ2) is 7.33. The van der Waals surface area contributed by atoms with Crippen LogP contribution in [0.25, 0.3) is 27.6 Å². The lowest BCUT2D eigenvalue weighted by Crippen LogP contribution is -2.31. The van der Waals surface area contributed by atoms with E-state index in [1.54, 1.807) is 24.0 Å². The maximum Gasteiger partial charge on any atom is 0.231 e. The molecule has 5 aromatic rings. The van der Waals surface area contributed by atoms with Gasteiger partial charge in [0.05, 0.1) is 40.9 Å². The van der Waals surface area contributed by atoms with Gasteiger partial charge in [0.15, 0.2) is 5.65 Å². The normalized spacial score (nSPS) is 14.2. The summed E-state index contributed by atoms with van der Waals surface area (Å²) in [5, 5.41) is 12.0. The first-order chi connectivity index (χ1) is 16.1. The molecule has 0 saturated carbocycles. The Morgan fingerprint density at radius 2 is 2.15 bits per heavy atom. The molecule has 5 N–H and O–H groups in total. The number of hydrogen-bond acceptors (Lipinski definition) is 8. The SMILES string of the molecule is CNc1cc(F)cc2c1[nH]c1nc(Nc3cnc4ccnn4c3)nc(N3CC=C(N)CC3)c12. The van der Waals surface area contributed by atoms with Crippen molar-refractivity contribution < 1.29 is 4.39 Å². The number of H-pyrrole nitrogens is 1. The van der Waals surface area contributed by atoms with Crippen LogP contribution in [0, 0.1) is 5.82 Å². The maximum absolute atomic E-state index is 14.4. The highest BCUT2D eigenvalue weighted by Crippen LogP contribution is 2.37. The largest absolute Gasteiger partial charge is 0.402 e. The number of nitrogens with one attached hydrogen (secondary N) is 3. The third kappa shape index (κ3) is 3.25. The van der Waals surface area contributed by atoms with Crippen LogP contribution in [0.15, 0.2) is 48.6 Å². The van der Waals surface area contributed by atoms with Crippen LogP contribution in [0.4, 0.5) is 27.5 Å². The van der Waals surface area contributed by atoms with Crippen molar-refractivity contribution >= 4 is 50.7 Å². The Morgan fingerprint density at radius 1 is 1.24 bits per heavy atom. The Labute approximate surface area is 187 Å². The standard InChI is InChI=1S/C22H21FN10/c1-25-16-9-12(23)8-15-18-20(29-19(15)16)30-22(31-21(18)32-6-3-13(24)4-7-32)28-14-10-26-17-2-5-27-33(17)11-14/h2-3,5,8-11,25H,4,6-7,24H2,1H3,(H2,28,29,30,31). The zero-order chi connectivity index (χ0) is 22.5. The van der Waals surface area contributed by atoms with Crippen molar-refractivity contribution in [2.24, 2.45) is 5.73 Å². The van der Waals surface area contributed by atoms with Crippen LogP contribution in [0.5, 0.6) is 0 Å². The molecule has 166 valence electrons. The van der Waals surface area contributed by atoms with Crippen molar-refractivity contribution in [2.45, 2.75) is 6.42 Å². The minimum atomic E-state index is -0.331. The molecule has 0 radical (unpaired) electrons. The summed E-state index contributed by atoms with van der Waals surface area (Å²) < 4.78 is 16.1. The van der Waals surface area contributed by atoms with Crippen LogP contribution >= 0.6 is 0 Å². The van der Waals surface area contributed by atoms with E-state index in [-0.39, 0.29) is 5.82 Å². The predicted octanol–water partition coefficient (Wildman–Crippen LogP) is 3.13. The molecule has 0 saturated heterocycles. The zero-order valence-electron chi connectivity index (χ0n) is 17.8. The van der Waals surface area contributed by atoms with Crippen LogP contribution < -0.4 is 21.3 Å². The van der Waals surface area contributed by atoms with E-state index < -0.39 is 0 Å². The Hall–Kier alpha value is -4.41. The van der Waals surface area contributed by atoms with Gasteiger partial charge in [0.2, 0.25) is 5.95 Å². The third-order valence-corrected chi connectivity index (χ3v) is 5.82. The van der Waals surface area contributed by atoms with Crippen molar-refractivity contribution in [2.75, 3.05) is 35.7 Å². The van der Waals surface area contributed by atoms with E-state index in [2.05, 4.69) is 30.6 Å². The lowest BCUT2D eigenvalue weighted by Gasteiger charge is -2.27. The van der Waals surface area contributed by atoms with E-state index >= 15 is 0 Å². The molecule has 11 heteroatoms.